The molecule has 0 saturated heterocycles. The van der Waals surface area contributed by atoms with Gasteiger partial charge in [-0.25, -0.2) is 8.42 Å². The average Bonchev–Trinajstić information content (AvgIpc) is 2.35. The van der Waals surface area contributed by atoms with Crippen LogP contribution in [0.15, 0.2) is 24.3 Å². The van der Waals surface area contributed by atoms with Gasteiger partial charge >= 0.3 is 5.97 Å². The highest BCUT2D eigenvalue weighted by Crippen LogP contribution is 2.31. The number of carboxylic acids is 1. The molecule has 1 aliphatic rings. The molecule has 2 rings (SSSR count). The van der Waals surface area contributed by atoms with Crippen molar-refractivity contribution in [3.05, 3.63) is 29.8 Å². The maximum atomic E-state index is 12.3. The van der Waals surface area contributed by atoms with Crippen molar-refractivity contribution in [2.24, 2.45) is 5.92 Å². The molecule has 104 valence electrons. The van der Waals surface area contributed by atoms with Gasteiger partial charge in [-0.2, -0.15) is 0 Å². The smallest absolute Gasteiger partial charge is 0.304 e. The minimum atomic E-state index is -3.57. The van der Waals surface area contributed by atoms with E-state index in [4.69, 9.17) is 5.11 Å². The first-order chi connectivity index (χ1) is 8.90. The van der Waals surface area contributed by atoms with E-state index in [1.165, 1.54) is 4.31 Å². The number of sulfonamides is 1. The normalized spacial score (nSPS) is 19.0. The molecular formula is C13H17NO4S. The molecule has 0 aromatic heterocycles. The summed E-state index contributed by atoms with van der Waals surface area (Å²) in [7, 11) is -3.57. The standard InChI is InChI=1S/C13H17NO4S/c1-10-8-11-4-2-3-5-12(11)14(9-10)19(17,18)7-6-13(15)16/h2-5,10H,6-9H2,1H3,(H,15,16). The number of carbonyl (C=O) groups is 1. The zero-order valence-corrected chi connectivity index (χ0v) is 11.6. The second kappa shape index (κ2) is 5.21. The molecule has 1 aliphatic heterocycles. The summed E-state index contributed by atoms with van der Waals surface area (Å²) >= 11 is 0. The van der Waals surface area contributed by atoms with Gasteiger partial charge in [0.15, 0.2) is 0 Å². The van der Waals surface area contributed by atoms with Crippen molar-refractivity contribution >= 4 is 21.7 Å². The Morgan fingerprint density at radius 3 is 2.79 bits per heavy atom. The zero-order chi connectivity index (χ0) is 14.0. The molecule has 1 heterocycles. The van der Waals surface area contributed by atoms with E-state index < -0.39 is 16.0 Å². The Balaban J connectivity index is 2.32. The molecule has 1 atom stereocenters. The van der Waals surface area contributed by atoms with Crippen LogP contribution in [-0.4, -0.2) is 31.8 Å². The Morgan fingerprint density at radius 2 is 2.11 bits per heavy atom. The fourth-order valence-corrected chi connectivity index (χ4v) is 3.95. The second-order valence-electron chi connectivity index (χ2n) is 4.93. The van der Waals surface area contributed by atoms with Gasteiger partial charge in [-0.15, -0.1) is 0 Å². The van der Waals surface area contributed by atoms with Crippen LogP contribution in [0.3, 0.4) is 0 Å². The van der Waals surface area contributed by atoms with Crippen molar-refractivity contribution < 1.29 is 18.3 Å². The van der Waals surface area contributed by atoms with Crippen LogP contribution in [0, 0.1) is 5.92 Å². The summed E-state index contributed by atoms with van der Waals surface area (Å²) in [6.45, 7) is 2.41. The van der Waals surface area contributed by atoms with Crippen LogP contribution in [0.25, 0.3) is 0 Å². The molecule has 0 aliphatic carbocycles. The fourth-order valence-electron chi connectivity index (χ4n) is 2.34. The minimum Gasteiger partial charge on any atom is -0.481 e. The van der Waals surface area contributed by atoms with Gasteiger partial charge in [0.25, 0.3) is 0 Å². The molecule has 1 N–H and O–H groups in total. The summed E-state index contributed by atoms with van der Waals surface area (Å²) in [5.74, 6) is -1.22. The highest BCUT2D eigenvalue weighted by molar-refractivity contribution is 7.92. The molecule has 1 aromatic carbocycles. The van der Waals surface area contributed by atoms with E-state index in [0.717, 1.165) is 12.0 Å². The lowest BCUT2D eigenvalue weighted by atomic mass is 9.96. The van der Waals surface area contributed by atoms with E-state index in [1.807, 2.05) is 19.1 Å². The van der Waals surface area contributed by atoms with Crippen molar-refractivity contribution in [1.29, 1.82) is 0 Å². The average molecular weight is 283 g/mol. The number of carboxylic acid groups (broad SMARTS) is 1. The summed E-state index contributed by atoms with van der Waals surface area (Å²) in [5.41, 5.74) is 1.69. The van der Waals surface area contributed by atoms with Crippen molar-refractivity contribution in [2.75, 3.05) is 16.6 Å². The lowest BCUT2D eigenvalue weighted by Crippen LogP contribution is -2.40. The number of aliphatic carboxylic acids is 1. The Morgan fingerprint density at radius 1 is 1.42 bits per heavy atom. The van der Waals surface area contributed by atoms with Crippen LogP contribution in [0.1, 0.15) is 18.9 Å². The van der Waals surface area contributed by atoms with Crippen molar-refractivity contribution in [3.8, 4) is 0 Å². The van der Waals surface area contributed by atoms with Gasteiger partial charge in [0.1, 0.15) is 0 Å². The van der Waals surface area contributed by atoms with Gasteiger partial charge in [-0.3, -0.25) is 9.10 Å². The Bertz CT molecular complexity index is 582. The Kier molecular flexibility index (Phi) is 3.80. The van der Waals surface area contributed by atoms with Crippen LogP contribution >= 0.6 is 0 Å². The summed E-state index contributed by atoms with van der Waals surface area (Å²) in [5, 5.41) is 8.64. The van der Waals surface area contributed by atoms with Gasteiger partial charge in [0.05, 0.1) is 17.9 Å². The maximum absolute atomic E-state index is 12.3. The second-order valence-corrected chi connectivity index (χ2v) is 6.94. The van der Waals surface area contributed by atoms with Gasteiger partial charge in [0, 0.05) is 6.54 Å². The molecule has 0 amide bonds. The SMILES string of the molecule is CC1Cc2ccccc2N(S(=O)(=O)CCC(=O)O)C1. The predicted molar refractivity (Wildman–Crippen MR) is 72.7 cm³/mol. The van der Waals surface area contributed by atoms with Gasteiger partial charge in [0.2, 0.25) is 10.0 Å². The summed E-state index contributed by atoms with van der Waals surface area (Å²) in [4.78, 5) is 10.6. The minimum absolute atomic E-state index is 0.231. The van der Waals surface area contributed by atoms with E-state index in [-0.39, 0.29) is 18.1 Å². The van der Waals surface area contributed by atoms with E-state index in [0.29, 0.717) is 12.2 Å². The number of nitrogens with zero attached hydrogens (tertiary/aromatic N) is 1. The van der Waals surface area contributed by atoms with Crippen LogP contribution in [0.2, 0.25) is 0 Å². The molecule has 6 heteroatoms. The first kappa shape index (κ1) is 13.9. The third-order valence-electron chi connectivity index (χ3n) is 3.22. The number of anilines is 1. The molecule has 0 bridgehead atoms. The molecule has 0 radical (unpaired) electrons. The highest BCUT2D eigenvalue weighted by Gasteiger charge is 2.30. The van der Waals surface area contributed by atoms with Crippen LogP contribution < -0.4 is 4.31 Å². The fraction of sp³-hybridized carbons (Fsp3) is 0.462. The number of fused-ring (bicyclic) bond motifs is 1. The summed E-state index contributed by atoms with van der Waals surface area (Å²) < 4.78 is 25.9. The summed E-state index contributed by atoms with van der Waals surface area (Å²) in [6, 6.07) is 7.39. The first-order valence-electron chi connectivity index (χ1n) is 6.20. The van der Waals surface area contributed by atoms with Gasteiger partial charge in [-0.1, -0.05) is 25.1 Å². The first-order valence-corrected chi connectivity index (χ1v) is 7.81. The largest absolute Gasteiger partial charge is 0.481 e. The monoisotopic (exact) mass is 283 g/mol. The Labute approximate surface area is 112 Å². The topological polar surface area (TPSA) is 74.7 Å². The molecule has 0 spiro atoms. The molecule has 0 fully saturated rings. The molecule has 1 unspecified atom stereocenters. The van der Waals surface area contributed by atoms with Crippen molar-refractivity contribution in [2.45, 2.75) is 19.8 Å². The van der Waals surface area contributed by atoms with Gasteiger partial charge < -0.3 is 5.11 Å². The van der Waals surface area contributed by atoms with Gasteiger partial charge in [-0.05, 0) is 24.0 Å². The molecule has 0 saturated carbocycles. The number of hydrogen-bond donors (Lipinski definition) is 1. The lowest BCUT2D eigenvalue weighted by molar-refractivity contribution is -0.136. The molecule has 19 heavy (non-hydrogen) atoms. The van der Waals surface area contributed by atoms with E-state index >= 15 is 0 Å². The lowest BCUT2D eigenvalue weighted by Gasteiger charge is -2.33. The van der Waals surface area contributed by atoms with Crippen molar-refractivity contribution in [1.82, 2.24) is 0 Å². The van der Waals surface area contributed by atoms with E-state index in [1.54, 1.807) is 12.1 Å². The third kappa shape index (κ3) is 3.07. The van der Waals surface area contributed by atoms with Crippen LogP contribution in [-0.2, 0) is 21.2 Å². The molecule has 1 aromatic rings. The van der Waals surface area contributed by atoms with Crippen LogP contribution in [0.5, 0.6) is 0 Å². The maximum Gasteiger partial charge on any atom is 0.304 e. The highest BCUT2D eigenvalue weighted by atomic mass is 32.2. The quantitative estimate of drug-likeness (QED) is 0.908. The summed E-state index contributed by atoms with van der Waals surface area (Å²) in [6.07, 6.45) is 0.483. The van der Waals surface area contributed by atoms with E-state index in [9.17, 15) is 13.2 Å². The zero-order valence-electron chi connectivity index (χ0n) is 10.7. The number of para-hydroxylation sites is 1. The van der Waals surface area contributed by atoms with Crippen LogP contribution in [0.4, 0.5) is 5.69 Å². The molecular weight excluding hydrogens is 266 g/mol. The van der Waals surface area contributed by atoms with E-state index in [2.05, 4.69) is 0 Å². The third-order valence-corrected chi connectivity index (χ3v) is 4.95. The number of benzene rings is 1. The predicted octanol–water partition coefficient (Wildman–Crippen LogP) is 1.49. The molecule has 5 nitrogen and oxygen atoms in total. The number of rotatable bonds is 4. The Hall–Kier alpha value is -1.56. The number of hydrogen-bond acceptors (Lipinski definition) is 3. The van der Waals surface area contributed by atoms with Crippen molar-refractivity contribution in [3.63, 3.8) is 0 Å².